The standard InChI is InChI=1S/C12H18N2O3S2/c15-7-10-5-11(8-18-10)19(16,17)13-12-6-14-3-1-9(12)2-4-14/h5,8-9,12-13,15H,1-4,6-7H2. The van der Waals surface area contributed by atoms with Crippen LogP contribution in [0.15, 0.2) is 16.3 Å². The number of hydrogen-bond donors (Lipinski definition) is 2. The van der Waals surface area contributed by atoms with Crippen LogP contribution in [0.25, 0.3) is 0 Å². The fourth-order valence-electron chi connectivity index (χ4n) is 2.95. The van der Waals surface area contributed by atoms with Crippen molar-refractivity contribution < 1.29 is 13.5 Å². The molecule has 0 radical (unpaired) electrons. The van der Waals surface area contributed by atoms with E-state index in [4.69, 9.17) is 5.11 Å². The average Bonchev–Trinajstić information content (AvgIpc) is 2.89. The molecule has 2 bridgehead atoms. The highest BCUT2D eigenvalue weighted by molar-refractivity contribution is 7.89. The van der Waals surface area contributed by atoms with Crippen molar-refractivity contribution in [3.8, 4) is 0 Å². The Bertz CT molecular complexity index is 547. The van der Waals surface area contributed by atoms with Gasteiger partial charge in [-0.15, -0.1) is 11.3 Å². The molecule has 5 nitrogen and oxygen atoms in total. The number of aliphatic hydroxyl groups is 1. The highest BCUT2D eigenvalue weighted by Gasteiger charge is 2.36. The quantitative estimate of drug-likeness (QED) is 0.855. The van der Waals surface area contributed by atoms with Gasteiger partial charge < -0.3 is 10.0 Å². The van der Waals surface area contributed by atoms with E-state index in [1.807, 2.05) is 0 Å². The highest BCUT2D eigenvalue weighted by atomic mass is 32.2. The molecule has 19 heavy (non-hydrogen) atoms. The monoisotopic (exact) mass is 302 g/mol. The lowest BCUT2D eigenvalue weighted by Crippen LogP contribution is -2.57. The lowest BCUT2D eigenvalue weighted by atomic mass is 9.85. The molecule has 2 N–H and O–H groups in total. The minimum absolute atomic E-state index is 0.0324. The Morgan fingerprint density at radius 1 is 1.42 bits per heavy atom. The molecule has 1 aromatic heterocycles. The van der Waals surface area contributed by atoms with Gasteiger partial charge in [0.25, 0.3) is 0 Å². The smallest absolute Gasteiger partial charge is 0.241 e. The van der Waals surface area contributed by atoms with Crippen LogP contribution < -0.4 is 4.72 Å². The van der Waals surface area contributed by atoms with Crippen molar-refractivity contribution in [1.29, 1.82) is 0 Å². The maximum atomic E-state index is 12.3. The second kappa shape index (κ2) is 5.14. The van der Waals surface area contributed by atoms with Crippen molar-refractivity contribution in [1.82, 2.24) is 9.62 Å². The van der Waals surface area contributed by atoms with Crippen LogP contribution >= 0.6 is 11.3 Å². The average molecular weight is 302 g/mol. The van der Waals surface area contributed by atoms with Gasteiger partial charge in [0.1, 0.15) is 0 Å². The van der Waals surface area contributed by atoms with Crippen molar-refractivity contribution in [3.05, 3.63) is 16.3 Å². The number of rotatable bonds is 4. The van der Waals surface area contributed by atoms with Crippen LogP contribution in [0.2, 0.25) is 0 Å². The zero-order chi connectivity index (χ0) is 13.5. The predicted molar refractivity (Wildman–Crippen MR) is 73.5 cm³/mol. The van der Waals surface area contributed by atoms with Crippen LogP contribution in [0.4, 0.5) is 0 Å². The van der Waals surface area contributed by atoms with Crippen LogP contribution in [0.3, 0.4) is 0 Å². The third-order valence-corrected chi connectivity index (χ3v) is 6.60. The Morgan fingerprint density at radius 3 is 2.68 bits per heavy atom. The summed E-state index contributed by atoms with van der Waals surface area (Å²) in [5.74, 6) is 0.468. The first kappa shape index (κ1) is 13.5. The first-order valence-electron chi connectivity index (χ1n) is 6.51. The normalized spacial score (nSPS) is 30.7. The van der Waals surface area contributed by atoms with Gasteiger partial charge in [-0.3, -0.25) is 0 Å². The summed E-state index contributed by atoms with van der Waals surface area (Å²) in [5, 5.41) is 10.6. The summed E-state index contributed by atoms with van der Waals surface area (Å²) in [6, 6.07) is 1.58. The number of nitrogens with one attached hydrogen (secondary N) is 1. The number of sulfonamides is 1. The van der Waals surface area contributed by atoms with Crippen LogP contribution in [0.5, 0.6) is 0 Å². The molecule has 4 heterocycles. The van der Waals surface area contributed by atoms with Crippen LogP contribution in [-0.4, -0.2) is 44.1 Å². The van der Waals surface area contributed by atoms with E-state index in [2.05, 4.69) is 9.62 Å². The maximum absolute atomic E-state index is 12.3. The lowest BCUT2D eigenvalue weighted by Gasteiger charge is -2.44. The SMILES string of the molecule is O=S(=O)(NC1CN2CCC1CC2)c1csc(CO)c1. The van der Waals surface area contributed by atoms with Gasteiger partial charge in [0.15, 0.2) is 0 Å². The van der Waals surface area contributed by atoms with E-state index in [1.54, 1.807) is 11.4 Å². The Hall–Kier alpha value is -0.470. The molecule has 1 aromatic rings. The number of hydrogen-bond acceptors (Lipinski definition) is 5. The van der Waals surface area contributed by atoms with Crippen LogP contribution in [0, 0.1) is 5.92 Å². The van der Waals surface area contributed by atoms with E-state index in [0.29, 0.717) is 10.8 Å². The van der Waals surface area contributed by atoms with E-state index in [1.165, 1.54) is 11.3 Å². The minimum atomic E-state index is -3.45. The third-order valence-electron chi connectivity index (χ3n) is 4.06. The van der Waals surface area contributed by atoms with Crippen LogP contribution in [-0.2, 0) is 16.6 Å². The summed E-state index contributed by atoms with van der Waals surface area (Å²) in [4.78, 5) is 3.27. The molecular formula is C12H18N2O3S2. The summed E-state index contributed by atoms with van der Waals surface area (Å²) in [6.07, 6.45) is 2.16. The molecule has 0 amide bonds. The first-order chi connectivity index (χ1) is 9.08. The number of nitrogens with zero attached hydrogens (tertiary/aromatic N) is 1. The Morgan fingerprint density at radius 2 is 2.16 bits per heavy atom. The maximum Gasteiger partial charge on any atom is 0.241 e. The zero-order valence-corrected chi connectivity index (χ0v) is 12.2. The topological polar surface area (TPSA) is 69.6 Å². The van der Waals surface area contributed by atoms with Gasteiger partial charge in [-0.1, -0.05) is 0 Å². The number of piperidine rings is 3. The van der Waals surface area contributed by atoms with Gasteiger partial charge in [-0.2, -0.15) is 0 Å². The molecule has 1 unspecified atom stereocenters. The molecule has 3 aliphatic heterocycles. The highest BCUT2D eigenvalue weighted by Crippen LogP contribution is 2.29. The van der Waals surface area contributed by atoms with Gasteiger partial charge in [-0.05, 0) is 37.9 Å². The molecule has 3 fully saturated rings. The van der Waals surface area contributed by atoms with E-state index >= 15 is 0 Å². The Balaban J connectivity index is 1.74. The van der Waals surface area contributed by atoms with E-state index in [0.717, 1.165) is 32.5 Å². The second-order valence-corrected chi connectivity index (χ2v) is 7.98. The molecule has 7 heteroatoms. The molecule has 1 atom stereocenters. The lowest BCUT2D eigenvalue weighted by molar-refractivity contribution is 0.0827. The van der Waals surface area contributed by atoms with Crippen molar-refractivity contribution in [2.75, 3.05) is 19.6 Å². The zero-order valence-electron chi connectivity index (χ0n) is 10.6. The third kappa shape index (κ3) is 2.71. The molecule has 0 aromatic carbocycles. The molecule has 4 rings (SSSR count). The van der Waals surface area contributed by atoms with E-state index in [9.17, 15) is 8.42 Å². The molecule has 3 aliphatic rings. The largest absolute Gasteiger partial charge is 0.391 e. The molecule has 3 saturated heterocycles. The van der Waals surface area contributed by atoms with Crippen LogP contribution in [0.1, 0.15) is 17.7 Å². The number of thiophene rings is 1. The number of aliphatic hydroxyl groups excluding tert-OH is 1. The molecule has 0 saturated carbocycles. The van der Waals surface area contributed by atoms with E-state index < -0.39 is 10.0 Å². The van der Waals surface area contributed by atoms with Crippen molar-refractivity contribution in [3.63, 3.8) is 0 Å². The fourth-order valence-corrected chi connectivity index (χ4v) is 5.38. The summed E-state index contributed by atoms with van der Waals surface area (Å²) in [6.45, 7) is 2.90. The summed E-state index contributed by atoms with van der Waals surface area (Å²) < 4.78 is 27.4. The predicted octanol–water partition coefficient (Wildman–Crippen LogP) is 0.613. The van der Waals surface area contributed by atoms with Gasteiger partial charge >= 0.3 is 0 Å². The molecule has 0 aliphatic carbocycles. The molecule has 0 spiro atoms. The van der Waals surface area contributed by atoms with E-state index in [-0.39, 0.29) is 17.5 Å². The van der Waals surface area contributed by atoms with Gasteiger partial charge in [0.05, 0.1) is 11.5 Å². The first-order valence-corrected chi connectivity index (χ1v) is 8.88. The second-order valence-electron chi connectivity index (χ2n) is 5.27. The summed E-state index contributed by atoms with van der Waals surface area (Å²) >= 11 is 1.27. The summed E-state index contributed by atoms with van der Waals surface area (Å²) in [5.41, 5.74) is 0. The van der Waals surface area contributed by atoms with Crippen molar-refractivity contribution >= 4 is 21.4 Å². The van der Waals surface area contributed by atoms with Gasteiger partial charge in [0.2, 0.25) is 10.0 Å². The molecular weight excluding hydrogens is 284 g/mol. The number of fused-ring (bicyclic) bond motifs is 3. The van der Waals surface area contributed by atoms with Crippen molar-refractivity contribution in [2.24, 2.45) is 5.92 Å². The van der Waals surface area contributed by atoms with Gasteiger partial charge in [-0.25, -0.2) is 13.1 Å². The minimum Gasteiger partial charge on any atom is -0.391 e. The summed E-state index contributed by atoms with van der Waals surface area (Å²) in [7, 11) is -3.45. The Labute approximate surface area is 117 Å². The fraction of sp³-hybridized carbons (Fsp3) is 0.667. The molecule has 106 valence electrons. The Kier molecular flexibility index (Phi) is 3.65. The van der Waals surface area contributed by atoms with Crippen molar-refractivity contribution in [2.45, 2.75) is 30.4 Å². The van der Waals surface area contributed by atoms with Gasteiger partial charge in [0, 0.05) is 22.8 Å².